The fraction of sp³-hybridized carbons (Fsp3) is 0.0833. The zero-order valence-corrected chi connectivity index (χ0v) is 10.5. The summed E-state index contributed by atoms with van der Waals surface area (Å²) < 4.78 is 55.8. The molecule has 0 bridgehead atoms. The predicted molar refractivity (Wildman–Crippen MR) is 65.1 cm³/mol. The topological polar surface area (TPSA) is 48.1 Å². The van der Waals surface area contributed by atoms with E-state index in [1.54, 1.807) is 0 Å². The standard InChI is InChI=1S/C12H7ClF4N2O/c13-10-3-6(18)4-11(19-10)20-7-1-2-9(14)8(5-7)12(15,16)17/h1-5H,(H2,18,19). The van der Waals surface area contributed by atoms with Gasteiger partial charge in [0.15, 0.2) is 0 Å². The van der Waals surface area contributed by atoms with Crippen molar-refractivity contribution in [3.05, 3.63) is 46.9 Å². The highest BCUT2D eigenvalue weighted by atomic mass is 35.5. The second-order valence-electron chi connectivity index (χ2n) is 3.80. The summed E-state index contributed by atoms with van der Waals surface area (Å²) in [6, 6.07) is 4.87. The number of halogens is 5. The minimum absolute atomic E-state index is 0.0261. The van der Waals surface area contributed by atoms with E-state index in [2.05, 4.69) is 4.98 Å². The molecule has 1 aromatic heterocycles. The van der Waals surface area contributed by atoms with Crippen molar-refractivity contribution in [2.24, 2.45) is 0 Å². The zero-order valence-electron chi connectivity index (χ0n) is 9.71. The summed E-state index contributed by atoms with van der Waals surface area (Å²) >= 11 is 5.63. The Morgan fingerprint density at radius 1 is 1.15 bits per heavy atom. The van der Waals surface area contributed by atoms with Crippen LogP contribution in [0.4, 0.5) is 23.2 Å². The molecule has 0 aliphatic heterocycles. The average molecular weight is 307 g/mol. The van der Waals surface area contributed by atoms with E-state index >= 15 is 0 Å². The highest BCUT2D eigenvalue weighted by molar-refractivity contribution is 6.29. The van der Waals surface area contributed by atoms with E-state index in [0.29, 0.717) is 12.1 Å². The molecular weight excluding hydrogens is 300 g/mol. The zero-order chi connectivity index (χ0) is 14.9. The quantitative estimate of drug-likeness (QED) is 0.666. The van der Waals surface area contributed by atoms with Crippen molar-refractivity contribution < 1.29 is 22.3 Å². The molecule has 0 atom stereocenters. The van der Waals surface area contributed by atoms with Crippen LogP contribution in [0.15, 0.2) is 30.3 Å². The number of hydrogen-bond acceptors (Lipinski definition) is 3. The summed E-state index contributed by atoms with van der Waals surface area (Å²) in [4.78, 5) is 3.73. The molecule has 0 spiro atoms. The molecule has 0 unspecified atom stereocenters. The Balaban J connectivity index is 2.35. The van der Waals surface area contributed by atoms with Gasteiger partial charge in [0.1, 0.15) is 16.7 Å². The van der Waals surface area contributed by atoms with Crippen LogP contribution in [0.5, 0.6) is 11.6 Å². The number of ether oxygens (including phenoxy) is 1. The summed E-state index contributed by atoms with van der Waals surface area (Å²) in [5, 5.41) is 0.0261. The predicted octanol–water partition coefficient (Wildman–Crippen LogP) is 4.27. The first-order valence-electron chi connectivity index (χ1n) is 5.23. The Morgan fingerprint density at radius 3 is 2.45 bits per heavy atom. The van der Waals surface area contributed by atoms with Crippen LogP contribution in [0.25, 0.3) is 0 Å². The number of nitrogens with two attached hydrogens (primary N) is 1. The molecule has 2 N–H and O–H groups in total. The monoisotopic (exact) mass is 306 g/mol. The lowest BCUT2D eigenvalue weighted by Gasteiger charge is -2.11. The van der Waals surface area contributed by atoms with E-state index in [1.807, 2.05) is 0 Å². The highest BCUT2D eigenvalue weighted by Crippen LogP contribution is 2.34. The van der Waals surface area contributed by atoms with E-state index in [0.717, 1.165) is 6.07 Å². The molecule has 1 aromatic carbocycles. The number of hydrogen-bond donors (Lipinski definition) is 1. The lowest BCUT2D eigenvalue weighted by Crippen LogP contribution is -2.08. The minimum Gasteiger partial charge on any atom is -0.439 e. The van der Waals surface area contributed by atoms with Crippen molar-refractivity contribution in [2.45, 2.75) is 6.18 Å². The summed E-state index contributed by atoms with van der Waals surface area (Å²) in [5.41, 5.74) is 4.30. The lowest BCUT2D eigenvalue weighted by molar-refractivity contribution is -0.140. The SMILES string of the molecule is Nc1cc(Cl)nc(Oc2ccc(F)c(C(F)(F)F)c2)c1. The van der Waals surface area contributed by atoms with Crippen molar-refractivity contribution in [3.8, 4) is 11.6 Å². The molecule has 106 valence electrons. The Labute approximate surface area is 115 Å². The number of rotatable bonds is 2. The smallest absolute Gasteiger partial charge is 0.419 e. The molecule has 3 nitrogen and oxygen atoms in total. The molecule has 8 heteroatoms. The molecule has 0 amide bonds. The van der Waals surface area contributed by atoms with Crippen LogP contribution in [0, 0.1) is 5.82 Å². The van der Waals surface area contributed by atoms with Gasteiger partial charge in [-0.05, 0) is 24.3 Å². The van der Waals surface area contributed by atoms with Crippen molar-refractivity contribution in [1.82, 2.24) is 4.98 Å². The van der Waals surface area contributed by atoms with Crippen LogP contribution in [0.3, 0.4) is 0 Å². The number of anilines is 1. The van der Waals surface area contributed by atoms with Crippen molar-refractivity contribution in [1.29, 1.82) is 0 Å². The van der Waals surface area contributed by atoms with Gasteiger partial charge < -0.3 is 10.5 Å². The minimum atomic E-state index is -4.82. The Hall–Kier alpha value is -2.02. The Morgan fingerprint density at radius 2 is 1.85 bits per heavy atom. The van der Waals surface area contributed by atoms with E-state index < -0.39 is 17.6 Å². The van der Waals surface area contributed by atoms with Crippen molar-refractivity contribution in [2.75, 3.05) is 5.73 Å². The Kier molecular flexibility index (Phi) is 3.71. The van der Waals surface area contributed by atoms with Gasteiger partial charge in [0.05, 0.1) is 5.56 Å². The lowest BCUT2D eigenvalue weighted by atomic mass is 10.2. The summed E-state index contributed by atoms with van der Waals surface area (Å²) in [6.45, 7) is 0. The van der Waals surface area contributed by atoms with Crippen LogP contribution in [-0.2, 0) is 6.18 Å². The molecule has 0 aliphatic rings. The first-order valence-corrected chi connectivity index (χ1v) is 5.61. The largest absolute Gasteiger partial charge is 0.439 e. The third-order valence-corrected chi connectivity index (χ3v) is 2.45. The summed E-state index contributed by atoms with van der Waals surface area (Å²) in [7, 11) is 0. The average Bonchev–Trinajstić information content (AvgIpc) is 2.29. The molecule has 0 saturated heterocycles. The van der Waals surface area contributed by atoms with Gasteiger partial charge in [-0.3, -0.25) is 0 Å². The second kappa shape index (κ2) is 5.16. The van der Waals surface area contributed by atoms with Gasteiger partial charge in [-0.25, -0.2) is 9.37 Å². The van der Waals surface area contributed by atoms with Gasteiger partial charge in [-0.2, -0.15) is 13.2 Å². The van der Waals surface area contributed by atoms with Crippen LogP contribution < -0.4 is 10.5 Å². The molecule has 2 aromatic rings. The second-order valence-corrected chi connectivity index (χ2v) is 4.19. The molecule has 2 rings (SSSR count). The number of nitrogens with zero attached hydrogens (tertiary/aromatic N) is 1. The molecule has 0 fully saturated rings. The van der Waals surface area contributed by atoms with Gasteiger partial charge in [0.25, 0.3) is 0 Å². The van der Waals surface area contributed by atoms with Gasteiger partial charge in [0, 0.05) is 11.8 Å². The number of aromatic nitrogens is 1. The number of pyridine rings is 1. The van der Waals surface area contributed by atoms with Crippen LogP contribution in [0.1, 0.15) is 5.56 Å². The van der Waals surface area contributed by atoms with Crippen LogP contribution in [-0.4, -0.2) is 4.98 Å². The number of nitrogen functional groups attached to an aromatic ring is 1. The molecule has 0 aliphatic carbocycles. The van der Waals surface area contributed by atoms with Gasteiger partial charge in [-0.15, -0.1) is 0 Å². The first kappa shape index (κ1) is 14.4. The van der Waals surface area contributed by atoms with E-state index in [1.165, 1.54) is 12.1 Å². The number of benzene rings is 1. The van der Waals surface area contributed by atoms with Gasteiger partial charge >= 0.3 is 6.18 Å². The molecule has 20 heavy (non-hydrogen) atoms. The highest BCUT2D eigenvalue weighted by Gasteiger charge is 2.34. The fourth-order valence-electron chi connectivity index (χ4n) is 1.45. The van der Waals surface area contributed by atoms with Gasteiger partial charge in [-0.1, -0.05) is 11.6 Å². The fourth-order valence-corrected chi connectivity index (χ4v) is 1.66. The Bertz CT molecular complexity index is 626. The van der Waals surface area contributed by atoms with E-state index in [4.69, 9.17) is 22.1 Å². The molecular formula is C12H7ClF4N2O. The third kappa shape index (κ3) is 3.30. The van der Waals surface area contributed by atoms with Crippen LogP contribution >= 0.6 is 11.6 Å². The molecule has 0 saturated carbocycles. The maximum Gasteiger partial charge on any atom is 0.419 e. The summed E-state index contributed by atoms with van der Waals surface area (Å²) in [5.74, 6) is -1.70. The number of alkyl halides is 3. The molecule has 0 radical (unpaired) electrons. The maximum atomic E-state index is 13.1. The first-order chi connectivity index (χ1) is 9.25. The molecule has 1 heterocycles. The van der Waals surface area contributed by atoms with Gasteiger partial charge in [0.2, 0.25) is 5.88 Å². The van der Waals surface area contributed by atoms with Crippen molar-refractivity contribution in [3.63, 3.8) is 0 Å². The van der Waals surface area contributed by atoms with E-state index in [-0.39, 0.29) is 22.5 Å². The van der Waals surface area contributed by atoms with E-state index in [9.17, 15) is 17.6 Å². The summed E-state index contributed by atoms with van der Waals surface area (Å²) in [6.07, 6.45) is -4.82. The normalized spacial score (nSPS) is 11.4. The maximum absolute atomic E-state index is 13.1. The third-order valence-electron chi connectivity index (χ3n) is 2.26. The van der Waals surface area contributed by atoms with Crippen LogP contribution in [0.2, 0.25) is 5.15 Å². The van der Waals surface area contributed by atoms with Crippen molar-refractivity contribution >= 4 is 17.3 Å².